The summed E-state index contributed by atoms with van der Waals surface area (Å²) in [7, 11) is 1.60. The van der Waals surface area contributed by atoms with Crippen LogP contribution in [0.3, 0.4) is 0 Å². The normalized spacial score (nSPS) is 10.2. The second-order valence-electron chi connectivity index (χ2n) is 3.28. The van der Waals surface area contributed by atoms with Gasteiger partial charge >= 0.3 is 0 Å². The summed E-state index contributed by atoms with van der Waals surface area (Å²) in [6.07, 6.45) is 1.71. The summed E-state index contributed by atoms with van der Waals surface area (Å²) < 4.78 is 5.89. The van der Waals surface area contributed by atoms with Crippen LogP contribution in [0.4, 0.5) is 0 Å². The molecule has 0 aliphatic rings. The van der Waals surface area contributed by atoms with E-state index in [2.05, 4.69) is 38.0 Å². The largest absolute Gasteiger partial charge is 0.480 e. The monoisotopic (exact) mass is 310 g/mol. The fourth-order valence-electron chi connectivity index (χ4n) is 1.27. The molecule has 3 nitrogen and oxygen atoms in total. The number of ether oxygens (including phenoxy) is 1. The van der Waals surface area contributed by atoms with Crippen LogP contribution in [-0.4, -0.2) is 17.1 Å². The zero-order valence-corrected chi connectivity index (χ0v) is 11.7. The summed E-state index contributed by atoms with van der Waals surface area (Å²) in [6.45, 7) is 0. The van der Waals surface area contributed by atoms with E-state index in [0.29, 0.717) is 11.0 Å². The molecule has 1 heterocycles. The molecule has 0 bridgehead atoms. The van der Waals surface area contributed by atoms with Crippen LogP contribution in [0.5, 0.6) is 5.88 Å². The first-order valence-corrected chi connectivity index (χ1v) is 6.80. The fraction of sp³-hybridized carbons (Fsp3) is 0.167. The molecule has 2 aromatic rings. The van der Waals surface area contributed by atoms with Crippen LogP contribution in [0.25, 0.3) is 0 Å². The molecule has 0 saturated heterocycles. The number of halogens is 1. The van der Waals surface area contributed by atoms with Gasteiger partial charge < -0.3 is 4.74 Å². The third-order valence-corrected chi connectivity index (χ3v) is 3.57. The molecule has 0 saturated carbocycles. The van der Waals surface area contributed by atoms with Gasteiger partial charge in [-0.25, -0.2) is 4.98 Å². The Balaban J connectivity index is 2.04. The van der Waals surface area contributed by atoms with Crippen molar-refractivity contribution < 1.29 is 4.74 Å². The molecular weight excluding hydrogens is 300 g/mol. The van der Waals surface area contributed by atoms with E-state index in [1.165, 1.54) is 5.56 Å². The molecule has 1 aromatic carbocycles. The van der Waals surface area contributed by atoms with Gasteiger partial charge in [0.15, 0.2) is 5.16 Å². The minimum Gasteiger partial charge on any atom is -0.480 e. The molecule has 0 atom stereocenters. The molecular formula is C12H11BrN2OS. The van der Waals surface area contributed by atoms with E-state index < -0.39 is 0 Å². The van der Waals surface area contributed by atoms with Gasteiger partial charge in [0.25, 0.3) is 0 Å². The number of hydrogen-bond donors (Lipinski definition) is 0. The van der Waals surface area contributed by atoms with Crippen molar-refractivity contribution in [1.29, 1.82) is 0 Å². The summed E-state index contributed by atoms with van der Waals surface area (Å²) in [6, 6.07) is 10.2. The van der Waals surface area contributed by atoms with E-state index >= 15 is 0 Å². The smallest absolute Gasteiger partial charge is 0.231 e. The highest BCUT2D eigenvalue weighted by Crippen LogP contribution is 2.25. The Labute approximate surface area is 113 Å². The SMILES string of the molecule is COc1nc(SCc2ccccc2)ncc1Br. The maximum absolute atomic E-state index is 5.13. The van der Waals surface area contributed by atoms with E-state index in [4.69, 9.17) is 4.74 Å². The van der Waals surface area contributed by atoms with Gasteiger partial charge in [-0.2, -0.15) is 4.98 Å². The predicted molar refractivity (Wildman–Crippen MR) is 72.3 cm³/mol. The molecule has 0 aliphatic carbocycles. The average molecular weight is 311 g/mol. The first-order chi connectivity index (χ1) is 8.29. The van der Waals surface area contributed by atoms with E-state index in [1.807, 2.05) is 18.2 Å². The van der Waals surface area contributed by atoms with E-state index in [1.54, 1.807) is 25.1 Å². The number of thioether (sulfide) groups is 1. The number of rotatable bonds is 4. The minimum atomic E-state index is 0.565. The van der Waals surface area contributed by atoms with E-state index in [0.717, 1.165) is 10.2 Å². The lowest BCUT2D eigenvalue weighted by molar-refractivity contribution is 0.389. The van der Waals surface area contributed by atoms with E-state index in [9.17, 15) is 0 Å². The molecule has 88 valence electrons. The van der Waals surface area contributed by atoms with Crippen molar-refractivity contribution in [2.45, 2.75) is 10.9 Å². The van der Waals surface area contributed by atoms with Gasteiger partial charge in [-0.15, -0.1) is 0 Å². The quantitative estimate of drug-likeness (QED) is 0.639. The van der Waals surface area contributed by atoms with Crippen LogP contribution >= 0.6 is 27.7 Å². The first kappa shape index (κ1) is 12.4. The fourth-order valence-corrected chi connectivity index (χ4v) is 2.39. The van der Waals surface area contributed by atoms with Crippen LogP contribution in [0.15, 0.2) is 46.2 Å². The Morgan fingerprint density at radius 3 is 2.76 bits per heavy atom. The molecule has 0 aliphatic heterocycles. The Morgan fingerprint density at radius 2 is 2.06 bits per heavy atom. The standard InChI is InChI=1S/C12H11BrN2OS/c1-16-11-10(13)7-14-12(15-11)17-8-9-5-3-2-4-6-9/h2-7H,8H2,1H3. The average Bonchev–Trinajstić information content (AvgIpc) is 2.39. The van der Waals surface area contributed by atoms with Gasteiger partial charge in [0.05, 0.1) is 11.6 Å². The number of methoxy groups -OCH3 is 1. The van der Waals surface area contributed by atoms with Crippen molar-refractivity contribution in [1.82, 2.24) is 9.97 Å². The summed E-state index contributed by atoms with van der Waals surface area (Å²) in [5.74, 6) is 1.42. The second-order valence-corrected chi connectivity index (χ2v) is 5.08. The number of benzene rings is 1. The summed E-state index contributed by atoms with van der Waals surface area (Å²) in [5, 5.41) is 0.717. The highest BCUT2D eigenvalue weighted by Gasteiger charge is 2.05. The minimum absolute atomic E-state index is 0.565. The van der Waals surface area contributed by atoms with Crippen molar-refractivity contribution in [2.75, 3.05) is 7.11 Å². The highest BCUT2D eigenvalue weighted by atomic mass is 79.9. The molecule has 0 radical (unpaired) electrons. The third-order valence-electron chi connectivity index (χ3n) is 2.09. The maximum Gasteiger partial charge on any atom is 0.231 e. The first-order valence-electron chi connectivity index (χ1n) is 5.03. The topological polar surface area (TPSA) is 35.0 Å². The lowest BCUT2D eigenvalue weighted by Gasteiger charge is -2.04. The molecule has 0 amide bonds. The molecule has 0 fully saturated rings. The number of nitrogens with zero attached hydrogens (tertiary/aromatic N) is 2. The van der Waals surface area contributed by atoms with Crippen LogP contribution in [0.2, 0.25) is 0 Å². The van der Waals surface area contributed by atoms with Crippen molar-refractivity contribution in [2.24, 2.45) is 0 Å². The summed E-state index contributed by atoms with van der Waals surface area (Å²) >= 11 is 4.92. The Morgan fingerprint density at radius 1 is 1.29 bits per heavy atom. The number of aromatic nitrogens is 2. The molecule has 0 spiro atoms. The van der Waals surface area contributed by atoms with Crippen molar-refractivity contribution in [3.63, 3.8) is 0 Å². The molecule has 17 heavy (non-hydrogen) atoms. The van der Waals surface area contributed by atoms with Gasteiger partial charge in [-0.1, -0.05) is 42.1 Å². The van der Waals surface area contributed by atoms with Crippen LogP contribution in [-0.2, 0) is 5.75 Å². The highest BCUT2D eigenvalue weighted by molar-refractivity contribution is 9.10. The van der Waals surface area contributed by atoms with E-state index in [-0.39, 0.29) is 0 Å². The van der Waals surface area contributed by atoms with Crippen LogP contribution in [0.1, 0.15) is 5.56 Å². The van der Waals surface area contributed by atoms with Crippen molar-refractivity contribution >= 4 is 27.7 Å². The maximum atomic E-state index is 5.13. The van der Waals surface area contributed by atoms with Crippen molar-refractivity contribution in [3.05, 3.63) is 46.6 Å². The van der Waals surface area contributed by atoms with Gasteiger partial charge in [0.2, 0.25) is 5.88 Å². The zero-order chi connectivity index (χ0) is 12.1. The number of hydrogen-bond acceptors (Lipinski definition) is 4. The molecule has 1 aromatic heterocycles. The lowest BCUT2D eigenvalue weighted by Crippen LogP contribution is -1.93. The summed E-state index contributed by atoms with van der Waals surface area (Å²) in [4.78, 5) is 8.52. The molecule has 0 unspecified atom stereocenters. The predicted octanol–water partition coefficient (Wildman–Crippen LogP) is 3.54. The Bertz CT molecular complexity index is 493. The van der Waals surface area contributed by atoms with Crippen LogP contribution < -0.4 is 4.74 Å². The Kier molecular flexibility index (Phi) is 4.39. The molecule has 5 heteroatoms. The lowest BCUT2D eigenvalue weighted by atomic mass is 10.2. The third kappa shape index (κ3) is 3.44. The zero-order valence-electron chi connectivity index (χ0n) is 9.26. The summed E-state index contributed by atoms with van der Waals surface area (Å²) in [5.41, 5.74) is 1.25. The van der Waals surface area contributed by atoms with Gasteiger partial charge in [0, 0.05) is 11.9 Å². The molecule has 2 rings (SSSR count). The molecule has 0 N–H and O–H groups in total. The van der Waals surface area contributed by atoms with Gasteiger partial charge in [-0.05, 0) is 21.5 Å². The second kappa shape index (κ2) is 6.02. The van der Waals surface area contributed by atoms with Crippen molar-refractivity contribution in [3.8, 4) is 5.88 Å². The van der Waals surface area contributed by atoms with Crippen LogP contribution in [0, 0.1) is 0 Å². The Hall–Kier alpha value is -1.07. The van der Waals surface area contributed by atoms with Gasteiger partial charge in [-0.3, -0.25) is 0 Å². The van der Waals surface area contributed by atoms with Gasteiger partial charge in [0.1, 0.15) is 0 Å².